The second kappa shape index (κ2) is 8.90. The van der Waals surface area contributed by atoms with Gasteiger partial charge in [-0.2, -0.15) is 0 Å². The van der Waals surface area contributed by atoms with E-state index in [1.165, 1.54) is 12.1 Å². The van der Waals surface area contributed by atoms with Crippen LogP contribution < -0.4 is 9.62 Å². The van der Waals surface area contributed by atoms with Crippen molar-refractivity contribution in [2.75, 3.05) is 22.7 Å². The first-order valence-electron chi connectivity index (χ1n) is 9.00. The fraction of sp³-hybridized carbons (Fsp3) is 0.350. The number of carbonyl (C=O) groups is 1. The molecule has 0 aliphatic heterocycles. The van der Waals surface area contributed by atoms with E-state index < -0.39 is 16.0 Å². The van der Waals surface area contributed by atoms with Gasteiger partial charge in [-0.3, -0.25) is 4.72 Å². The number of hydrogen-bond donors (Lipinski definition) is 2. The molecule has 2 N–H and O–H groups in total. The first kappa shape index (κ1) is 20.8. The lowest BCUT2D eigenvalue weighted by Gasteiger charge is -2.25. The number of benzene rings is 2. The Kier molecular flexibility index (Phi) is 6.85. The van der Waals surface area contributed by atoms with Gasteiger partial charge in [-0.25, -0.2) is 13.2 Å². The van der Waals surface area contributed by atoms with Crippen molar-refractivity contribution in [3.8, 4) is 0 Å². The minimum Gasteiger partial charge on any atom is -0.478 e. The second-order valence-electron chi connectivity index (χ2n) is 6.39. The van der Waals surface area contributed by atoms with Crippen molar-refractivity contribution in [3.63, 3.8) is 0 Å². The third-order valence-electron chi connectivity index (χ3n) is 4.28. The van der Waals surface area contributed by atoms with E-state index in [2.05, 4.69) is 11.6 Å². The number of nitrogens with one attached hydrogen (secondary N) is 1. The lowest BCUT2D eigenvalue weighted by atomic mass is 10.1. The summed E-state index contributed by atoms with van der Waals surface area (Å²) in [7, 11) is -3.79. The van der Waals surface area contributed by atoms with Crippen molar-refractivity contribution in [2.45, 2.75) is 38.5 Å². The van der Waals surface area contributed by atoms with E-state index in [0.717, 1.165) is 24.9 Å². The maximum absolute atomic E-state index is 12.6. The Hall–Kier alpha value is -2.54. The average Bonchev–Trinajstić information content (AvgIpc) is 2.62. The molecule has 0 aliphatic carbocycles. The molecule has 0 bridgehead atoms. The van der Waals surface area contributed by atoms with E-state index >= 15 is 0 Å². The molecule has 0 unspecified atom stereocenters. The summed E-state index contributed by atoms with van der Waals surface area (Å²) in [5.74, 6) is -1.09. The smallest absolute Gasteiger partial charge is 0.337 e. The Labute approximate surface area is 160 Å². The number of carboxylic acids is 1. The van der Waals surface area contributed by atoms with Gasteiger partial charge in [0.2, 0.25) is 0 Å². The molecule has 0 radical (unpaired) electrons. The molecular weight excluding hydrogens is 364 g/mol. The van der Waals surface area contributed by atoms with Crippen LogP contribution in [0.4, 0.5) is 11.4 Å². The predicted molar refractivity (Wildman–Crippen MR) is 108 cm³/mol. The van der Waals surface area contributed by atoms with Gasteiger partial charge in [0.25, 0.3) is 10.0 Å². The van der Waals surface area contributed by atoms with Gasteiger partial charge in [-0.15, -0.1) is 0 Å². The molecule has 0 atom stereocenters. The lowest BCUT2D eigenvalue weighted by Crippen LogP contribution is -2.26. The Morgan fingerprint density at radius 3 is 2.48 bits per heavy atom. The topological polar surface area (TPSA) is 86.7 Å². The second-order valence-corrected chi connectivity index (χ2v) is 8.07. The number of rotatable bonds is 9. The maximum Gasteiger partial charge on any atom is 0.337 e. The third kappa shape index (κ3) is 5.23. The molecule has 2 aromatic carbocycles. The minimum atomic E-state index is -3.79. The van der Waals surface area contributed by atoms with Gasteiger partial charge in [0, 0.05) is 18.8 Å². The standard InChI is InChI=1S/C20H26N2O4S/c1-4-6-12-22(5-2)19-11-10-16(14-18(19)20(23)24)21-27(25,26)17-9-7-8-15(3)13-17/h7-11,13-14,21H,4-6,12H2,1-3H3,(H,23,24). The highest BCUT2D eigenvalue weighted by atomic mass is 32.2. The Morgan fingerprint density at radius 1 is 1.15 bits per heavy atom. The van der Waals surface area contributed by atoms with Crippen LogP contribution in [0.2, 0.25) is 0 Å². The monoisotopic (exact) mass is 390 g/mol. The summed E-state index contributed by atoms with van der Waals surface area (Å²) in [6, 6.07) is 11.2. The molecule has 0 aliphatic rings. The summed E-state index contributed by atoms with van der Waals surface area (Å²) in [6.45, 7) is 7.28. The lowest BCUT2D eigenvalue weighted by molar-refractivity contribution is 0.0697. The molecule has 0 heterocycles. The number of aromatic carboxylic acids is 1. The minimum absolute atomic E-state index is 0.0809. The van der Waals surface area contributed by atoms with E-state index in [9.17, 15) is 18.3 Å². The van der Waals surface area contributed by atoms with Crippen LogP contribution in [0.15, 0.2) is 47.4 Å². The summed E-state index contributed by atoms with van der Waals surface area (Å²) in [5, 5.41) is 9.61. The van der Waals surface area contributed by atoms with Crippen molar-refractivity contribution in [2.24, 2.45) is 0 Å². The van der Waals surface area contributed by atoms with Crippen LogP contribution in [0, 0.1) is 6.92 Å². The van der Waals surface area contributed by atoms with E-state index in [-0.39, 0.29) is 16.1 Å². The zero-order valence-electron chi connectivity index (χ0n) is 15.9. The molecule has 0 amide bonds. The molecular formula is C20H26N2O4S. The number of hydrogen-bond acceptors (Lipinski definition) is 4. The normalized spacial score (nSPS) is 11.2. The molecule has 2 rings (SSSR count). The Balaban J connectivity index is 2.36. The highest BCUT2D eigenvalue weighted by molar-refractivity contribution is 7.92. The fourth-order valence-corrected chi connectivity index (χ4v) is 3.99. The van der Waals surface area contributed by atoms with Crippen LogP contribution in [0.3, 0.4) is 0 Å². The molecule has 0 saturated heterocycles. The third-order valence-corrected chi connectivity index (χ3v) is 5.66. The van der Waals surface area contributed by atoms with E-state index in [1.54, 1.807) is 24.3 Å². The van der Waals surface area contributed by atoms with E-state index in [1.807, 2.05) is 24.8 Å². The Morgan fingerprint density at radius 2 is 1.89 bits per heavy atom. The van der Waals surface area contributed by atoms with Gasteiger partial charge in [0.15, 0.2) is 0 Å². The molecule has 0 fully saturated rings. The van der Waals surface area contributed by atoms with Crippen molar-refractivity contribution in [1.29, 1.82) is 0 Å². The van der Waals surface area contributed by atoms with E-state index in [4.69, 9.17) is 0 Å². The zero-order valence-corrected chi connectivity index (χ0v) is 16.7. The zero-order chi connectivity index (χ0) is 20.0. The highest BCUT2D eigenvalue weighted by Crippen LogP contribution is 2.26. The summed E-state index contributed by atoms with van der Waals surface area (Å²) in [6.07, 6.45) is 1.96. The van der Waals surface area contributed by atoms with Crippen LogP contribution in [0.1, 0.15) is 42.6 Å². The van der Waals surface area contributed by atoms with Gasteiger partial charge in [-0.05, 0) is 56.2 Å². The number of nitrogens with zero attached hydrogens (tertiary/aromatic N) is 1. The van der Waals surface area contributed by atoms with Crippen LogP contribution >= 0.6 is 0 Å². The maximum atomic E-state index is 12.6. The van der Waals surface area contributed by atoms with Crippen LogP contribution in [-0.4, -0.2) is 32.6 Å². The SMILES string of the molecule is CCCCN(CC)c1ccc(NS(=O)(=O)c2cccc(C)c2)cc1C(=O)O. The molecule has 7 heteroatoms. The first-order chi connectivity index (χ1) is 12.8. The van der Waals surface area contributed by atoms with Crippen molar-refractivity contribution in [1.82, 2.24) is 0 Å². The van der Waals surface area contributed by atoms with Crippen molar-refractivity contribution >= 4 is 27.4 Å². The van der Waals surface area contributed by atoms with Crippen LogP contribution in [-0.2, 0) is 10.0 Å². The largest absolute Gasteiger partial charge is 0.478 e. The Bertz CT molecular complexity index is 910. The summed E-state index contributed by atoms with van der Waals surface area (Å²) < 4.78 is 27.6. The summed E-state index contributed by atoms with van der Waals surface area (Å²) >= 11 is 0. The van der Waals surface area contributed by atoms with Gasteiger partial charge >= 0.3 is 5.97 Å². The quantitative estimate of drug-likeness (QED) is 0.672. The highest BCUT2D eigenvalue weighted by Gasteiger charge is 2.19. The van der Waals surface area contributed by atoms with Crippen molar-refractivity contribution < 1.29 is 18.3 Å². The average molecular weight is 391 g/mol. The van der Waals surface area contributed by atoms with Crippen LogP contribution in [0.5, 0.6) is 0 Å². The first-order valence-corrected chi connectivity index (χ1v) is 10.5. The van der Waals surface area contributed by atoms with E-state index in [0.29, 0.717) is 12.2 Å². The van der Waals surface area contributed by atoms with Gasteiger partial charge in [0.1, 0.15) is 0 Å². The summed E-state index contributed by atoms with van der Waals surface area (Å²) in [4.78, 5) is 13.9. The molecule has 0 spiro atoms. The number of anilines is 2. The van der Waals surface area contributed by atoms with Gasteiger partial charge in [-0.1, -0.05) is 25.5 Å². The summed E-state index contributed by atoms with van der Waals surface area (Å²) in [5.41, 5.74) is 1.73. The number of unbranched alkanes of at least 4 members (excludes halogenated alkanes) is 1. The van der Waals surface area contributed by atoms with Crippen LogP contribution in [0.25, 0.3) is 0 Å². The number of aryl methyl sites for hydroxylation is 1. The number of sulfonamides is 1. The molecule has 2 aromatic rings. The molecule has 146 valence electrons. The number of carboxylic acid groups (broad SMARTS) is 1. The molecule has 0 saturated carbocycles. The molecule has 6 nitrogen and oxygen atoms in total. The fourth-order valence-electron chi connectivity index (χ4n) is 2.84. The predicted octanol–water partition coefficient (Wildman–Crippen LogP) is 4.12. The molecule has 0 aromatic heterocycles. The molecule has 27 heavy (non-hydrogen) atoms. The van der Waals surface area contributed by atoms with Crippen molar-refractivity contribution in [3.05, 3.63) is 53.6 Å². The van der Waals surface area contributed by atoms with Gasteiger partial charge in [0.05, 0.1) is 16.1 Å². The van der Waals surface area contributed by atoms with Gasteiger partial charge < -0.3 is 10.0 Å².